The van der Waals surface area contributed by atoms with E-state index in [9.17, 15) is 18.0 Å². The van der Waals surface area contributed by atoms with Gasteiger partial charge in [0, 0.05) is 51.0 Å². The molecule has 2 heterocycles. The van der Waals surface area contributed by atoms with Crippen LogP contribution in [-0.2, 0) is 11.0 Å². The number of anilines is 1. The number of nitrogens with zero attached hydrogens (tertiary/aromatic N) is 3. The van der Waals surface area contributed by atoms with E-state index < -0.39 is 11.7 Å². The van der Waals surface area contributed by atoms with E-state index in [2.05, 4.69) is 18.7 Å². The summed E-state index contributed by atoms with van der Waals surface area (Å²) in [4.78, 5) is 18.5. The minimum Gasteiger partial charge on any atom is -0.368 e. The van der Waals surface area contributed by atoms with Crippen molar-refractivity contribution in [2.45, 2.75) is 32.5 Å². The Morgan fingerprint density at radius 3 is 2.46 bits per heavy atom. The van der Waals surface area contributed by atoms with Gasteiger partial charge in [-0.2, -0.15) is 13.2 Å². The van der Waals surface area contributed by atoms with Crippen LogP contribution in [0.1, 0.15) is 25.8 Å². The highest BCUT2D eigenvalue weighted by Crippen LogP contribution is 2.32. The Hall–Kier alpha value is -1.80. The van der Waals surface area contributed by atoms with Crippen molar-refractivity contribution in [1.29, 1.82) is 0 Å². The van der Waals surface area contributed by atoms with Crippen LogP contribution in [0.15, 0.2) is 24.3 Å². The molecule has 0 saturated carbocycles. The predicted octanol–water partition coefficient (Wildman–Crippen LogP) is 2.41. The third kappa shape index (κ3) is 4.78. The molecule has 0 aliphatic carbocycles. The number of hydrogen-bond donors (Lipinski definition) is 1. The van der Waals surface area contributed by atoms with Gasteiger partial charge in [0.1, 0.15) is 0 Å². The summed E-state index contributed by atoms with van der Waals surface area (Å²) in [6, 6.07) is 5.52. The molecular formula is C20H29F3N4O. The molecule has 0 radical (unpaired) electrons. The molecule has 0 bridgehead atoms. The normalized spacial score (nSPS) is 23.7. The zero-order chi connectivity index (χ0) is 20.5. The number of carbonyl (C=O) groups is 1. The van der Waals surface area contributed by atoms with Crippen LogP contribution in [0, 0.1) is 5.41 Å². The van der Waals surface area contributed by atoms with Crippen molar-refractivity contribution in [2.24, 2.45) is 11.1 Å². The molecule has 2 fully saturated rings. The van der Waals surface area contributed by atoms with Crippen LogP contribution in [0.2, 0.25) is 0 Å². The Bertz CT molecular complexity index is 699. The second-order valence-electron chi connectivity index (χ2n) is 8.51. The number of likely N-dealkylation sites (tertiary alicyclic amines) is 1. The summed E-state index contributed by atoms with van der Waals surface area (Å²) in [6.45, 7) is 8.35. The number of halogens is 3. The molecule has 156 valence electrons. The molecule has 3 rings (SSSR count). The highest BCUT2D eigenvalue weighted by atomic mass is 19.4. The van der Waals surface area contributed by atoms with Crippen LogP contribution in [-0.4, -0.2) is 67.6 Å². The summed E-state index contributed by atoms with van der Waals surface area (Å²) < 4.78 is 38.8. The molecule has 8 heteroatoms. The summed E-state index contributed by atoms with van der Waals surface area (Å²) in [5.74, 6) is 0.0787. The van der Waals surface area contributed by atoms with Crippen LogP contribution in [0.25, 0.3) is 0 Å². The molecule has 1 unspecified atom stereocenters. The molecule has 1 amide bonds. The van der Waals surface area contributed by atoms with Crippen molar-refractivity contribution in [2.75, 3.05) is 50.7 Å². The van der Waals surface area contributed by atoms with E-state index in [0.29, 0.717) is 38.4 Å². The van der Waals surface area contributed by atoms with E-state index in [-0.39, 0.29) is 17.4 Å². The maximum atomic E-state index is 12.9. The first-order valence-electron chi connectivity index (χ1n) is 9.74. The third-order valence-corrected chi connectivity index (χ3v) is 5.92. The molecule has 0 spiro atoms. The van der Waals surface area contributed by atoms with E-state index in [1.807, 2.05) is 9.80 Å². The highest BCUT2D eigenvalue weighted by molar-refractivity contribution is 5.78. The van der Waals surface area contributed by atoms with Crippen LogP contribution < -0.4 is 10.6 Å². The lowest BCUT2D eigenvalue weighted by atomic mass is 9.80. The van der Waals surface area contributed by atoms with Gasteiger partial charge in [-0.3, -0.25) is 9.69 Å². The topological polar surface area (TPSA) is 52.8 Å². The zero-order valence-corrected chi connectivity index (χ0v) is 16.5. The Labute approximate surface area is 164 Å². The van der Waals surface area contributed by atoms with Gasteiger partial charge in [-0.15, -0.1) is 0 Å². The number of carbonyl (C=O) groups excluding carboxylic acids is 1. The van der Waals surface area contributed by atoms with Crippen molar-refractivity contribution in [3.63, 3.8) is 0 Å². The number of rotatable bonds is 3. The van der Waals surface area contributed by atoms with E-state index in [0.717, 1.165) is 25.6 Å². The summed E-state index contributed by atoms with van der Waals surface area (Å²) >= 11 is 0. The number of amides is 1. The van der Waals surface area contributed by atoms with E-state index in [1.165, 1.54) is 12.1 Å². The minimum absolute atomic E-state index is 0.0132. The minimum atomic E-state index is -4.35. The monoisotopic (exact) mass is 398 g/mol. The number of piperidine rings is 1. The maximum Gasteiger partial charge on any atom is 0.416 e. The van der Waals surface area contributed by atoms with Gasteiger partial charge in [0.25, 0.3) is 0 Å². The van der Waals surface area contributed by atoms with Gasteiger partial charge in [0.05, 0.1) is 12.1 Å². The average Bonchev–Trinajstić information content (AvgIpc) is 2.64. The smallest absolute Gasteiger partial charge is 0.368 e. The van der Waals surface area contributed by atoms with Gasteiger partial charge in [-0.05, 0) is 30.0 Å². The van der Waals surface area contributed by atoms with E-state index in [4.69, 9.17) is 5.73 Å². The molecule has 2 N–H and O–H groups in total. The van der Waals surface area contributed by atoms with E-state index >= 15 is 0 Å². The van der Waals surface area contributed by atoms with Gasteiger partial charge in [-0.1, -0.05) is 19.9 Å². The van der Waals surface area contributed by atoms with Gasteiger partial charge >= 0.3 is 6.18 Å². The van der Waals surface area contributed by atoms with Crippen LogP contribution in [0.4, 0.5) is 18.9 Å². The number of nitrogens with two attached hydrogens (primary N) is 1. The number of benzene rings is 1. The van der Waals surface area contributed by atoms with Crippen molar-refractivity contribution >= 4 is 11.6 Å². The van der Waals surface area contributed by atoms with Crippen LogP contribution >= 0.6 is 0 Å². The Kier molecular flexibility index (Phi) is 5.91. The molecule has 1 aromatic carbocycles. The van der Waals surface area contributed by atoms with Gasteiger partial charge < -0.3 is 15.5 Å². The lowest BCUT2D eigenvalue weighted by Gasteiger charge is -2.43. The third-order valence-electron chi connectivity index (χ3n) is 5.92. The molecule has 2 aliphatic heterocycles. The number of piperazine rings is 1. The fraction of sp³-hybridized carbons (Fsp3) is 0.650. The van der Waals surface area contributed by atoms with Crippen molar-refractivity contribution < 1.29 is 18.0 Å². The molecule has 1 atom stereocenters. The van der Waals surface area contributed by atoms with Crippen molar-refractivity contribution in [3.8, 4) is 0 Å². The van der Waals surface area contributed by atoms with E-state index in [1.54, 1.807) is 6.07 Å². The van der Waals surface area contributed by atoms with Gasteiger partial charge in [0.15, 0.2) is 0 Å². The molecule has 2 saturated heterocycles. The molecule has 2 aliphatic rings. The Morgan fingerprint density at radius 2 is 1.86 bits per heavy atom. The van der Waals surface area contributed by atoms with Crippen LogP contribution in [0.3, 0.4) is 0 Å². The Balaban J connectivity index is 1.53. The lowest BCUT2D eigenvalue weighted by molar-refractivity contribution is -0.137. The highest BCUT2D eigenvalue weighted by Gasteiger charge is 2.35. The zero-order valence-electron chi connectivity index (χ0n) is 16.5. The lowest BCUT2D eigenvalue weighted by Crippen LogP contribution is -2.56. The summed E-state index contributed by atoms with van der Waals surface area (Å²) in [7, 11) is 0. The number of hydrogen-bond acceptors (Lipinski definition) is 4. The predicted molar refractivity (Wildman–Crippen MR) is 103 cm³/mol. The second-order valence-corrected chi connectivity index (χ2v) is 8.51. The van der Waals surface area contributed by atoms with Crippen molar-refractivity contribution in [1.82, 2.24) is 9.80 Å². The first-order valence-corrected chi connectivity index (χ1v) is 9.74. The maximum absolute atomic E-state index is 12.9. The summed E-state index contributed by atoms with van der Waals surface area (Å²) in [5.41, 5.74) is 6.05. The standard InChI is InChI=1S/C20H29F3N4O/c1-19(2)14-25(7-6-17(19)24)13-18(28)27-10-8-26(9-11-27)16-5-3-4-15(12-16)20(21,22)23/h3-5,12,17H,6-11,13-14,24H2,1-2H3. The first kappa shape index (κ1) is 20.9. The van der Waals surface area contributed by atoms with Crippen LogP contribution in [0.5, 0.6) is 0 Å². The van der Waals surface area contributed by atoms with Crippen molar-refractivity contribution in [3.05, 3.63) is 29.8 Å². The second kappa shape index (κ2) is 7.91. The molecule has 28 heavy (non-hydrogen) atoms. The molecule has 1 aromatic rings. The molecule has 5 nitrogen and oxygen atoms in total. The average molecular weight is 398 g/mol. The summed E-state index contributed by atoms with van der Waals surface area (Å²) in [6.07, 6.45) is -3.47. The Morgan fingerprint density at radius 1 is 1.18 bits per heavy atom. The first-order chi connectivity index (χ1) is 13.1. The fourth-order valence-electron chi connectivity index (χ4n) is 4.00. The molecular weight excluding hydrogens is 369 g/mol. The van der Waals surface area contributed by atoms with Gasteiger partial charge in [-0.25, -0.2) is 0 Å². The fourth-order valence-corrected chi connectivity index (χ4v) is 4.00. The quantitative estimate of drug-likeness (QED) is 0.850. The molecule has 0 aromatic heterocycles. The summed E-state index contributed by atoms with van der Waals surface area (Å²) in [5, 5.41) is 0. The SMILES string of the molecule is CC1(C)CN(CC(=O)N2CCN(c3cccc(C(F)(F)F)c3)CC2)CCC1N. The largest absolute Gasteiger partial charge is 0.416 e. The number of alkyl halides is 3. The van der Waals surface area contributed by atoms with Gasteiger partial charge in [0.2, 0.25) is 5.91 Å².